The van der Waals surface area contributed by atoms with E-state index in [2.05, 4.69) is 11.1 Å². The lowest BCUT2D eigenvalue weighted by atomic mass is 10.0. The molecule has 6 nitrogen and oxygen atoms in total. The number of carbonyl (C=O) groups excluding carboxylic acids is 1. The molecular formula is C25H22N4O2S. The Morgan fingerprint density at radius 3 is 2.72 bits per heavy atom. The summed E-state index contributed by atoms with van der Waals surface area (Å²) in [5, 5.41) is 0.985. The summed E-state index contributed by atoms with van der Waals surface area (Å²) in [5.41, 5.74) is 3.60. The third kappa shape index (κ3) is 3.80. The number of thioether (sulfide) groups is 1. The molecule has 0 fully saturated rings. The van der Waals surface area contributed by atoms with Gasteiger partial charge in [-0.05, 0) is 55.2 Å². The van der Waals surface area contributed by atoms with Crippen LogP contribution in [0.25, 0.3) is 16.7 Å². The van der Waals surface area contributed by atoms with Crippen LogP contribution in [0, 0.1) is 6.92 Å². The van der Waals surface area contributed by atoms with Gasteiger partial charge in [-0.2, -0.15) is 0 Å². The van der Waals surface area contributed by atoms with Crippen LogP contribution in [0.5, 0.6) is 0 Å². The quantitative estimate of drug-likeness (QED) is 0.351. The van der Waals surface area contributed by atoms with Crippen molar-refractivity contribution < 1.29 is 4.79 Å². The van der Waals surface area contributed by atoms with E-state index in [1.165, 1.54) is 21.9 Å². The average molecular weight is 443 g/mol. The van der Waals surface area contributed by atoms with Gasteiger partial charge in [0.1, 0.15) is 5.82 Å². The van der Waals surface area contributed by atoms with E-state index in [-0.39, 0.29) is 17.2 Å². The predicted octanol–water partition coefficient (Wildman–Crippen LogP) is 4.16. The molecule has 7 heteroatoms. The summed E-state index contributed by atoms with van der Waals surface area (Å²) in [5.74, 6) is 0.690. The van der Waals surface area contributed by atoms with E-state index in [1.807, 2.05) is 54.3 Å². The number of hydrogen-bond donors (Lipinski definition) is 0. The van der Waals surface area contributed by atoms with Gasteiger partial charge in [0.05, 0.1) is 16.7 Å². The van der Waals surface area contributed by atoms with Gasteiger partial charge in [-0.15, -0.1) is 0 Å². The summed E-state index contributed by atoms with van der Waals surface area (Å²) in [6.45, 7) is 2.65. The second kappa shape index (κ2) is 8.59. The zero-order valence-electron chi connectivity index (χ0n) is 17.7. The molecule has 5 rings (SSSR count). The van der Waals surface area contributed by atoms with Crippen LogP contribution >= 0.6 is 11.8 Å². The van der Waals surface area contributed by atoms with Crippen LogP contribution in [0.2, 0.25) is 0 Å². The molecule has 0 unspecified atom stereocenters. The molecule has 4 aromatic rings. The fraction of sp³-hybridized carbons (Fsp3) is 0.200. The highest BCUT2D eigenvalue weighted by Gasteiger charge is 2.23. The lowest BCUT2D eigenvalue weighted by molar-refractivity contribution is -0.116. The maximum atomic E-state index is 13.3. The molecule has 3 heterocycles. The second-order valence-corrected chi connectivity index (χ2v) is 8.75. The molecule has 0 radical (unpaired) electrons. The first-order chi connectivity index (χ1) is 15.6. The Morgan fingerprint density at radius 2 is 1.88 bits per heavy atom. The third-order valence-corrected chi connectivity index (χ3v) is 6.53. The van der Waals surface area contributed by atoms with Crippen LogP contribution in [0.15, 0.2) is 76.8 Å². The number of carbonyl (C=O) groups is 1. The topological polar surface area (TPSA) is 68.1 Å². The summed E-state index contributed by atoms with van der Waals surface area (Å²) in [7, 11) is 0. The first-order valence-corrected chi connectivity index (χ1v) is 11.6. The summed E-state index contributed by atoms with van der Waals surface area (Å²) in [6.07, 6.45) is 3.65. The van der Waals surface area contributed by atoms with Gasteiger partial charge in [0, 0.05) is 18.4 Å². The number of anilines is 1. The van der Waals surface area contributed by atoms with Crippen molar-refractivity contribution in [1.29, 1.82) is 0 Å². The number of para-hydroxylation sites is 2. The van der Waals surface area contributed by atoms with Crippen molar-refractivity contribution in [3.05, 3.63) is 88.3 Å². The number of fused-ring (bicyclic) bond motifs is 2. The SMILES string of the molecule is Cc1ccc(-n2c(SCC(=O)N3CCCc4ccccc43)nc3ccccc3c2=O)nc1. The fourth-order valence-corrected chi connectivity index (χ4v) is 4.88. The van der Waals surface area contributed by atoms with Crippen LogP contribution in [-0.4, -0.2) is 32.7 Å². The van der Waals surface area contributed by atoms with E-state index in [9.17, 15) is 9.59 Å². The Balaban J connectivity index is 1.50. The van der Waals surface area contributed by atoms with Crippen molar-refractivity contribution in [1.82, 2.24) is 14.5 Å². The summed E-state index contributed by atoms with van der Waals surface area (Å²) >= 11 is 1.27. The number of amides is 1. The summed E-state index contributed by atoms with van der Waals surface area (Å²) < 4.78 is 1.50. The maximum Gasteiger partial charge on any atom is 0.267 e. The van der Waals surface area contributed by atoms with E-state index in [0.717, 1.165) is 24.1 Å². The van der Waals surface area contributed by atoms with Crippen LogP contribution in [0.4, 0.5) is 5.69 Å². The van der Waals surface area contributed by atoms with E-state index in [4.69, 9.17) is 4.98 Å². The molecule has 32 heavy (non-hydrogen) atoms. The Morgan fingerprint density at radius 1 is 1.06 bits per heavy atom. The van der Waals surface area contributed by atoms with Crippen molar-refractivity contribution in [3.63, 3.8) is 0 Å². The molecule has 1 amide bonds. The van der Waals surface area contributed by atoms with Crippen molar-refractivity contribution in [3.8, 4) is 5.82 Å². The monoisotopic (exact) mass is 442 g/mol. The van der Waals surface area contributed by atoms with Crippen molar-refractivity contribution in [2.45, 2.75) is 24.9 Å². The molecule has 160 valence electrons. The molecule has 0 N–H and O–H groups in total. The number of rotatable bonds is 4. The molecule has 0 atom stereocenters. The molecule has 1 aliphatic heterocycles. The van der Waals surface area contributed by atoms with E-state index in [0.29, 0.717) is 28.4 Å². The Bertz CT molecular complexity index is 1360. The van der Waals surface area contributed by atoms with Gasteiger partial charge in [-0.25, -0.2) is 14.5 Å². The van der Waals surface area contributed by atoms with Gasteiger partial charge in [0.15, 0.2) is 5.16 Å². The molecule has 0 aliphatic carbocycles. The maximum absolute atomic E-state index is 13.3. The van der Waals surface area contributed by atoms with Crippen LogP contribution in [0.1, 0.15) is 17.5 Å². The number of aromatic nitrogens is 3. The minimum atomic E-state index is -0.190. The minimum absolute atomic E-state index is 0.00738. The van der Waals surface area contributed by atoms with Crippen molar-refractivity contribution in [2.24, 2.45) is 0 Å². The van der Waals surface area contributed by atoms with Crippen LogP contribution < -0.4 is 10.5 Å². The summed E-state index contributed by atoms with van der Waals surface area (Å²) in [4.78, 5) is 37.5. The van der Waals surface area contributed by atoms with Gasteiger partial charge in [0.2, 0.25) is 5.91 Å². The van der Waals surface area contributed by atoms with Gasteiger partial charge in [-0.3, -0.25) is 9.59 Å². The van der Waals surface area contributed by atoms with Crippen LogP contribution in [0.3, 0.4) is 0 Å². The van der Waals surface area contributed by atoms with Crippen LogP contribution in [-0.2, 0) is 11.2 Å². The first kappa shape index (κ1) is 20.5. The average Bonchev–Trinajstić information content (AvgIpc) is 2.83. The van der Waals surface area contributed by atoms with E-state index >= 15 is 0 Å². The lowest BCUT2D eigenvalue weighted by Gasteiger charge is -2.29. The van der Waals surface area contributed by atoms with E-state index in [1.54, 1.807) is 18.3 Å². The zero-order valence-corrected chi connectivity index (χ0v) is 18.5. The normalized spacial score (nSPS) is 13.2. The Labute approximate surface area is 189 Å². The standard InChI is InChI=1S/C25H22N4O2S/c1-17-12-13-22(26-15-17)29-24(31)19-9-3-4-10-20(19)27-25(29)32-16-23(30)28-14-6-8-18-7-2-5-11-21(18)28/h2-5,7,9-13,15H,6,8,14,16H2,1H3. The molecular weight excluding hydrogens is 420 g/mol. The number of aryl methyl sites for hydroxylation is 2. The van der Waals surface area contributed by atoms with Crippen molar-refractivity contribution >= 4 is 34.3 Å². The summed E-state index contributed by atoms with van der Waals surface area (Å²) in [6, 6.07) is 19.0. The highest BCUT2D eigenvalue weighted by atomic mass is 32.2. The number of pyridine rings is 1. The van der Waals surface area contributed by atoms with Gasteiger partial charge in [-0.1, -0.05) is 48.2 Å². The van der Waals surface area contributed by atoms with Gasteiger partial charge in [0.25, 0.3) is 5.56 Å². The number of hydrogen-bond acceptors (Lipinski definition) is 5. The number of benzene rings is 2. The van der Waals surface area contributed by atoms with E-state index < -0.39 is 0 Å². The lowest BCUT2D eigenvalue weighted by Crippen LogP contribution is -2.36. The smallest absolute Gasteiger partial charge is 0.267 e. The molecule has 0 saturated heterocycles. The molecule has 0 saturated carbocycles. The van der Waals surface area contributed by atoms with Crippen molar-refractivity contribution in [2.75, 3.05) is 17.2 Å². The second-order valence-electron chi connectivity index (χ2n) is 7.81. The Hall–Kier alpha value is -3.45. The minimum Gasteiger partial charge on any atom is -0.311 e. The molecule has 2 aromatic carbocycles. The number of nitrogens with zero attached hydrogens (tertiary/aromatic N) is 4. The molecule has 2 aromatic heterocycles. The fourth-order valence-electron chi connectivity index (χ4n) is 4.00. The van der Waals surface area contributed by atoms with Gasteiger partial charge >= 0.3 is 0 Å². The zero-order chi connectivity index (χ0) is 22.1. The Kier molecular flexibility index (Phi) is 5.49. The third-order valence-electron chi connectivity index (χ3n) is 5.61. The van der Waals surface area contributed by atoms with Gasteiger partial charge < -0.3 is 4.90 Å². The molecule has 1 aliphatic rings. The highest BCUT2D eigenvalue weighted by Crippen LogP contribution is 2.28. The highest BCUT2D eigenvalue weighted by molar-refractivity contribution is 7.99. The predicted molar refractivity (Wildman–Crippen MR) is 128 cm³/mol. The molecule has 0 bridgehead atoms. The largest absolute Gasteiger partial charge is 0.311 e. The molecule has 0 spiro atoms. The first-order valence-electron chi connectivity index (χ1n) is 10.6.